The monoisotopic (exact) mass is 282 g/mol. The Hall–Kier alpha value is -1.04. The summed E-state index contributed by atoms with van der Waals surface area (Å²) in [5.74, 6) is 0. The van der Waals surface area contributed by atoms with Crippen molar-refractivity contribution < 1.29 is 0 Å². The summed E-state index contributed by atoms with van der Waals surface area (Å²) in [4.78, 5) is 5.16. The maximum absolute atomic E-state index is 6.27. The van der Waals surface area contributed by atoms with Crippen molar-refractivity contribution in [2.75, 3.05) is 6.54 Å². The minimum absolute atomic E-state index is 0.749. The third kappa shape index (κ3) is 3.25. The van der Waals surface area contributed by atoms with Crippen molar-refractivity contribution in [3.8, 4) is 0 Å². The van der Waals surface area contributed by atoms with Gasteiger partial charge in [-0.1, -0.05) is 24.6 Å². The minimum atomic E-state index is 0.749. The SMILES string of the molecule is CCNCc1ccc(Sc2ncnn2C)c(Cl)c1. The Bertz CT molecular complexity index is 527. The van der Waals surface area contributed by atoms with Gasteiger partial charge in [0, 0.05) is 18.5 Å². The maximum atomic E-state index is 6.27. The van der Waals surface area contributed by atoms with Crippen LogP contribution in [-0.4, -0.2) is 21.3 Å². The van der Waals surface area contributed by atoms with E-state index in [0.29, 0.717) is 0 Å². The van der Waals surface area contributed by atoms with Crippen molar-refractivity contribution in [1.82, 2.24) is 20.1 Å². The van der Waals surface area contributed by atoms with E-state index in [9.17, 15) is 0 Å². The molecule has 0 fully saturated rings. The highest BCUT2D eigenvalue weighted by Crippen LogP contribution is 2.32. The third-order valence-electron chi connectivity index (χ3n) is 2.45. The molecule has 1 heterocycles. The highest BCUT2D eigenvalue weighted by Gasteiger charge is 2.07. The Morgan fingerprint density at radius 2 is 2.28 bits per heavy atom. The van der Waals surface area contributed by atoms with E-state index < -0.39 is 0 Å². The summed E-state index contributed by atoms with van der Waals surface area (Å²) < 4.78 is 1.73. The van der Waals surface area contributed by atoms with Crippen molar-refractivity contribution in [1.29, 1.82) is 0 Å². The summed E-state index contributed by atoms with van der Waals surface area (Å²) in [7, 11) is 1.86. The van der Waals surface area contributed by atoms with Crippen molar-refractivity contribution >= 4 is 23.4 Å². The molecule has 2 aromatic rings. The van der Waals surface area contributed by atoms with Gasteiger partial charge < -0.3 is 5.32 Å². The molecule has 0 unspecified atom stereocenters. The Morgan fingerprint density at radius 1 is 1.44 bits per heavy atom. The fourth-order valence-electron chi connectivity index (χ4n) is 1.48. The van der Waals surface area contributed by atoms with Gasteiger partial charge in [-0.3, -0.25) is 0 Å². The smallest absolute Gasteiger partial charge is 0.190 e. The second kappa shape index (κ2) is 6.22. The molecule has 4 nitrogen and oxygen atoms in total. The summed E-state index contributed by atoms with van der Waals surface area (Å²) in [5.41, 5.74) is 1.18. The predicted octanol–water partition coefficient (Wildman–Crippen LogP) is 2.73. The van der Waals surface area contributed by atoms with Crippen LogP contribution >= 0.6 is 23.4 Å². The van der Waals surface area contributed by atoms with Crippen LogP contribution in [0, 0.1) is 0 Å². The highest BCUT2D eigenvalue weighted by atomic mass is 35.5. The van der Waals surface area contributed by atoms with Crippen LogP contribution in [0.1, 0.15) is 12.5 Å². The van der Waals surface area contributed by atoms with Gasteiger partial charge in [0.2, 0.25) is 0 Å². The van der Waals surface area contributed by atoms with E-state index >= 15 is 0 Å². The van der Waals surface area contributed by atoms with Gasteiger partial charge >= 0.3 is 0 Å². The van der Waals surface area contributed by atoms with Gasteiger partial charge in [0.1, 0.15) is 6.33 Å². The molecule has 0 aliphatic rings. The van der Waals surface area contributed by atoms with E-state index in [4.69, 9.17) is 11.6 Å². The summed E-state index contributed by atoms with van der Waals surface area (Å²) in [6, 6.07) is 6.09. The van der Waals surface area contributed by atoms with Crippen molar-refractivity contribution in [2.24, 2.45) is 7.05 Å². The van der Waals surface area contributed by atoms with E-state index in [-0.39, 0.29) is 0 Å². The first-order chi connectivity index (χ1) is 8.70. The number of halogens is 1. The largest absolute Gasteiger partial charge is 0.313 e. The summed E-state index contributed by atoms with van der Waals surface area (Å²) in [6.45, 7) is 3.87. The topological polar surface area (TPSA) is 42.7 Å². The molecule has 1 aromatic heterocycles. The standard InChI is InChI=1S/C12H15ClN4S/c1-3-14-7-9-4-5-11(10(13)6-9)18-12-15-8-16-17(12)2/h4-6,8,14H,3,7H2,1-2H3. The van der Waals surface area contributed by atoms with Crippen LogP contribution in [0.2, 0.25) is 5.02 Å². The first-order valence-electron chi connectivity index (χ1n) is 5.71. The molecule has 0 aliphatic heterocycles. The van der Waals surface area contributed by atoms with Gasteiger partial charge in [-0.2, -0.15) is 5.10 Å². The summed E-state index contributed by atoms with van der Waals surface area (Å²) >= 11 is 7.79. The fourth-order valence-corrected chi connectivity index (χ4v) is 2.57. The quantitative estimate of drug-likeness (QED) is 0.916. The lowest BCUT2D eigenvalue weighted by Gasteiger charge is -2.06. The average molecular weight is 283 g/mol. The van der Waals surface area contributed by atoms with Crippen molar-refractivity contribution in [2.45, 2.75) is 23.5 Å². The first kappa shape index (κ1) is 13.4. The fraction of sp³-hybridized carbons (Fsp3) is 0.333. The Morgan fingerprint density at radius 3 is 2.89 bits per heavy atom. The zero-order valence-corrected chi connectivity index (χ0v) is 11.9. The number of benzene rings is 1. The van der Waals surface area contributed by atoms with E-state index in [2.05, 4.69) is 28.4 Å². The molecular formula is C12H15ClN4S. The maximum Gasteiger partial charge on any atom is 0.190 e. The van der Waals surface area contributed by atoms with Gasteiger partial charge in [0.05, 0.1) is 5.02 Å². The number of nitrogens with one attached hydrogen (secondary N) is 1. The van der Waals surface area contributed by atoms with Gasteiger partial charge in [-0.25, -0.2) is 9.67 Å². The number of hydrogen-bond donors (Lipinski definition) is 1. The molecular weight excluding hydrogens is 268 g/mol. The van der Waals surface area contributed by atoms with Crippen molar-refractivity contribution in [3.05, 3.63) is 35.1 Å². The molecule has 0 spiro atoms. The predicted molar refractivity (Wildman–Crippen MR) is 74.0 cm³/mol. The van der Waals surface area contributed by atoms with Crippen LogP contribution in [0.3, 0.4) is 0 Å². The zero-order chi connectivity index (χ0) is 13.0. The number of aromatic nitrogens is 3. The molecule has 96 valence electrons. The number of hydrogen-bond acceptors (Lipinski definition) is 4. The van der Waals surface area contributed by atoms with E-state index in [1.165, 1.54) is 23.7 Å². The first-order valence-corrected chi connectivity index (χ1v) is 6.91. The second-order valence-corrected chi connectivity index (χ2v) is 5.23. The molecule has 0 atom stereocenters. The second-order valence-electron chi connectivity index (χ2n) is 3.81. The minimum Gasteiger partial charge on any atom is -0.313 e. The molecule has 0 saturated carbocycles. The summed E-state index contributed by atoms with van der Waals surface area (Å²) in [5, 5.41) is 8.88. The Labute approximate surface area is 116 Å². The normalized spacial score (nSPS) is 10.8. The van der Waals surface area contributed by atoms with Crippen LogP contribution in [0.15, 0.2) is 34.6 Å². The molecule has 0 aliphatic carbocycles. The Balaban J connectivity index is 2.12. The van der Waals surface area contributed by atoms with Crippen LogP contribution in [0.4, 0.5) is 0 Å². The van der Waals surface area contributed by atoms with E-state index in [0.717, 1.165) is 28.2 Å². The molecule has 1 N–H and O–H groups in total. The summed E-state index contributed by atoms with van der Waals surface area (Å²) in [6.07, 6.45) is 1.54. The number of aryl methyl sites for hydroxylation is 1. The lowest BCUT2D eigenvalue weighted by atomic mass is 10.2. The third-order valence-corrected chi connectivity index (χ3v) is 4.00. The Kier molecular flexibility index (Phi) is 4.63. The van der Waals surface area contributed by atoms with Gasteiger partial charge in [0.15, 0.2) is 5.16 Å². The molecule has 0 amide bonds. The molecule has 2 rings (SSSR count). The van der Waals surface area contributed by atoms with E-state index in [1.54, 1.807) is 4.68 Å². The molecule has 0 radical (unpaired) electrons. The molecule has 18 heavy (non-hydrogen) atoms. The average Bonchev–Trinajstić information content (AvgIpc) is 2.75. The molecule has 6 heteroatoms. The number of rotatable bonds is 5. The van der Waals surface area contributed by atoms with Gasteiger partial charge in [-0.15, -0.1) is 0 Å². The lowest BCUT2D eigenvalue weighted by Crippen LogP contribution is -2.11. The lowest BCUT2D eigenvalue weighted by molar-refractivity contribution is 0.685. The molecule has 0 saturated heterocycles. The highest BCUT2D eigenvalue weighted by molar-refractivity contribution is 7.99. The van der Waals surface area contributed by atoms with Crippen LogP contribution in [0.5, 0.6) is 0 Å². The van der Waals surface area contributed by atoms with E-state index in [1.807, 2.05) is 19.2 Å². The molecule has 0 bridgehead atoms. The zero-order valence-electron chi connectivity index (χ0n) is 10.4. The van der Waals surface area contributed by atoms with Crippen molar-refractivity contribution in [3.63, 3.8) is 0 Å². The van der Waals surface area contributed by atoms with Gasteiger partial charge in [-0.05, 0) is 36.0 Å². The van der Waals surface area contributed by atoms with Crippen LogP contribution in [-0.2, 0) is 13.6 Å². The number of nitrogens with zero attached hydrogens (tertiary/aromatic N) is 3. The van der Waals surface area contributed by atoms with Gasteiger partial charge in [0.25, 0.3) is 0 Å². The van der Waals surface area contributed by atoms with Crippen LogP contribution in [0.25, 0.3) is 0 Å². The van der Waals surface area contributed by atoms with Crippen LogP contribution < -0.4 is 5.32 Å². The molecule has 1 aromatic carbocycles.